The van der Waals surface area contributed by atoms with Crippen LogP contribution in [0.15, 0.2) is 49.3 Å². The summed E-state index contributed by atoms with van der Waals surface area (Å²) < 4.78 is 22.3. The first-order valence-corrected chi connectivity index (χ1v) is 9.88. The van der Waals surface area contributed by atoms with Crippen molar-refractivity contribution in [1.29, 1.82) is 0 Å². The molecule has 3 aromatic rings. The van der Waals surface area contributed by atoms with Gasteiger partial charge in [-0.25, -0.2) is 19.3 Å². The Balaban J connectivity index is 1.31. The number of hydrogen-bond donors (Lipinski definition) is 2. The summed E-state index contributed by atoms with van der Waals surface area (Å²) in [5, 5.41) is 13.8. The number of nitrogens with zero attached hydrogens (tertiary/aromatic N) is 4. The number of phenols is 1. The fourth-order valence-corrected chi connectivity index (χ4v) is 4.25. The number of hydrogen-bond acceptors (Lipinski definition) is 6. The van der Waals surface area contributed by atoms with Crippen LogP contribution in [0.5, 0.6) is 11.6 Å². The summed E-state index contributed by atoms with van der Waals surface area (Å²) in [6.07, 6.45) is 10.2. The highest BCUT2D eigenvalue weighted by Crippen LogP contribution is 2.32. The predicted octanol–water partition coefficient (Wildman–Crippen LogP) is 3.03. The summed E-state index contributed by atoms with van der Waals surface area (Å²) in [5.41, 5.74) is 1.88. The number of ether oxygens (including phenoxy) is 1. The highest BCUT2D eigenvalue weighted by molar-refractivity contribution is 5.68. The SMILES string of the molecule is Oc1cc(-n2ccnc2)ccc1-c1cnc(O[C@@H]2C[C@H]3CCC[C@H](N3)[C@@H]2F)cn1. The van der Waals surface area contributed by atoms with E-state index in [0.29, 0.717) is 29.6 Å². The first kappa shape index (κ1) is 18.1. The minimum absolute atomic E-state index is 0.0918. The zero-order chi connectivity index (χ0) is 19.8. The minimum Gasteiger partial charge on any atom is -0.507 e. The molecule has 4 atom stereocenters. The number of piperidine rings is 2. The number of halogens is 1. The second kappa shape index (κ2) is 7.44. The van der Waals surface area contributed by atoms with Gasteiger partial charge in [0.2, 0.25) is 5.88 Å². The van der Waals surface area contributed by atoms with Crippen molar-refractivity contribution in [1.82, 2.24) is 24.8 Å². The van der Waals surface area contributed by atoms with Gasteiger partial charge < -0.3 is 19.7 Å². The molecule has 2 fully saturated rings. The smallest absolute Gasteiger partial charge is 0.232 e. The average Bonchev–Trinajstić information content (AvgIpc) is 3.28. The van der Waals surface area contributed by atoms with E-state index in [9.17, 15) is 9.50 Å². The second-order valence-electron chi connectivity index (χ2n) is 7.65. The molecule has 2 aliphatic heterocycles. The molecular weight excluding hydrogens is 373 g/mol. The molecule has 7 nitrogen and oxygen atoms in total. The van der Waals surface area contributed by atoms with Gasteiger partial charge in [0, 0.05) is 42.5 Å². The van der Waals surface area contributed by atoms with E-state index in [2.05, 4.69) is 20.3 Å². The van der Waals surface area contributed by atoms with Crippen LogP contribution in [0.3, 0.4) is 0 Å². The molecule has 0 amide bonds. The first-order chi connectivity index (χ1) is 14.2. The second-order valence-corrected chi connectivity index (χ2v) is 7.65. The highest BCUT2D eigenvalue weighted by Gasteiger charge is 2.41. The Morgan fingerprint density at radius 3 is 2.90 bits per heavy atom. The monoisotopic (exact) mass is 395 g/mol. The first-order valence-electron chi connectivity index (χ1n) is 9.88. The van der Waals surface area contributed by atoms with Crippen molar-refractivity contribution in [2.75, 3.05) is 0 Å². The number of aromatic nitrogens is 4. The molecule has 0 radical (unpaired) electrons. The third-order valence-electron chi connectivity index (χ3n) is 5.73. The van der Waals surface area contributed by atoms with Gasteiger partial charge in [0.15, 0.2) is 6.17 Å². The molecule has 0 saturated carbocycles. The Morgan fingerprint density at radius 2 is 2.14 bits per heavy atom. The Kier molecular flexibility index (Phi) is 4.63. The molecule has 2 N–H and O–H groups in total. The van der Waals surface area contributed by atoms with E-state index in [1.54, 1.807) is 35.4 Å². The molecule has 2 aliphatic rings. The lowest BCUT2D eigenvalue weighted by Gasteiger charge is -2.42. The highest BCUT2D eigenvalue weighted by atomic mass is 19.1. The Labute approximate surface area is 167 Å². The summed E-state index contributed by atoms with van der Waals surface area (Å²) in [5.74, 6) is 0.394. The molecule has 29 heavy (non-hydrogen) atoms. The molecule has 1 aromatic carbocycles. The van der Waals surface area contributed by atoms with Crippen molar-refractivity contribution in [2.45, 2.75) is 50.0 Å². The van der Waals surface area contributed by atoms with Gasteiger partial charge in [-0.3, -0.25) is 0 Å². The molecule has 8 heteroatoms. The van der Waals surface area contributed by atoms with Gasteiger partial charge in [-0.15, -0.1) is 0 Å². The molecule has 2 aromatic heterocycles. The predicted molar refractivity (Wildman–Crippen MR) is 105 cm³/mol. The lowest BCUT2D eigenvalue weighted by molar-refractivity contribution is 0.00679. The molecule has 4 heterocycles. The van der Waals surface area contributed by atoms with Crippen molar-refractivity contribution in [2.24, 2.45) is 0 Å². The average molecular weight is 395 g/mol. The van der Waals surface area contributed by atoms with E-state index < -0.39 is 12.3 Å². The molecule has 150 valence electrons. The normalized spacial score (nSPS) is 26.2. The fraction of sp³-hybridized carbons (Fsp3) is 0.381. The number of aromatic hydroxyl groups is 1. The van der Waals surface area contributed by atoms with Gasteiger partial charge in [0.05, 0.1) is 30.1 Å². The standard InChI is InChI=1S/C21H22FN5O2/c22-21-16-3-1-2-13(26-16)8-19(21)29-20-11-24-17(10-25-20)15-5-4-14(9-18(15)28)27-7-6-23-12-27/h4-7,9-13,16,19,21,26,28H,1-3,8H2/t13-,16+,19-,21+/m1/s1. The van der Waals surface area contributed by atoms with Crippen LogP contribution in [0.2, 0.25) is 0 Å². The Morgan fingerprint density at radius 1 is 1.21 bits per heavy atom. The Bertz CT molecular complexity index is 979. The van der Waals surface area contributed by atoms with Crippen LogP contribution in [-0.2, 0) is 0 Å². The third-order valence-corrected chi connectivity index (χ3v) is 5.73. The fourth-order valence-electron chi connectivity index (χ4n) is 4.25. The zero-order valence-corrected chi connectivity index (χ0v) is 15.8. The summed E-state index contributed by atoms with van der Waals surface area (Å²) in [6, 6.07) is 5.46. The molecule has 2 saturated heterocycles. The maximum Gasteiger partial charge on any atom is 0.232 e. The van der Waals surface area contributed by atoms with E-state index in [1.165, 1.54) is 12.4 Å². The maximum absolute atomic E-state index is 14.7. The van der Waals surface area contributed by atoms with E-state index >= 15 is 0 Å². The van der Waals surface area contributed by atoms with Crippen LogP contribution >= 0.6 is 0 Å². The Hall–Kier alpha value is -3.00. The van der Waals surface area contributed by atoms with E-state index in [1.807, 2.05) is 6.07 Å². The summed E-state index contributed by atoms with van der Waals surface area (Å²) in [6.45, 7) is 0. The number of nitrogens with one attached hydrogen (secondary N) is 1. The molecule has 0 unspecified atom stereocenters. The van der Waals surface area contributed by atoms with Gasteiger partial charge in [-0.1, -0.05) is 6.42 Å². The molecule has 5 rings (SSSR count). The van der Waals surface area contributed by atoms with Crippen molar-refractivity contribution in [3.05, 3.63) is 49.3 Å². The van der Waals surface area contributed by atoms with Gasteiger partial charge in [0.25, 0.3) is 0 Å². The summed E-state index contributed by atoms with van der Waals surface area (Å²) in [7, 11) is 0. The number of benzene rings is 1. The van der Waals surface area contributed by atoms with Crippen LogP contribution in [0, 0.1) is 0 Å². The quantitative estimate of drug-likeness (QED) is 0.706. The molecule has 0 aliphatic carbocycles. The largest absolute Gasteiger partial charge is 0.507 e. The van der Waals surface area contributed by atoms with E-state index in [0.717, 1.165) is 24.9 Å². The minimum atomic E-state index is -1.05. The number of fused-ring (bicyclic) bond motifs is 2. The van der Waals surface area contributed by atoms with Gasteiger partial charge in [-0.2, -0.15) is 0 Å². The van der Waals surface area contributed by atoms with E-state index in [4.69, 9.17) is 4.74 Å². The van der Waals surface area contributed by atoms with Crippen molar-refractivity contribution < 1.29 is 14.2 Å². The van der Waals surface area contributed by atoms with Gasteiger partial charge in [-0.05, 0) is 25.0 Å². The zero-order valence-electron chi connectivity index (χ0n) is 15.8. The lowest BCUT2D eigenvalue weighted by Crippen LogP contribution is -2.59. The van der Waals surface area contributed by atoms with Crippen LogP contribution in [-0.4, -0.2) is 49.0 Å². The molecule has 0 spiro atoms. The number of rotatable bonds is 4. The number of alkyl halides is 1. The van der Waals surface area contributed by atoms with Crippen molar-refractivity contribution >= 4 is 0 Å². The van der Waals surface area contributed by atoms with Crippen LogP contribution in [0.25, 0.3) is 16.9 Å². The maximum atomic E-state index is 14.7. The van der Waals surface area contributed by atoms with Crippen molar-refractivity contribution in [3.63, 3.8) is 0 Å². The third kappa shape index (κ3) is 3.55. The summed E-state index contributed by atoms with van der Waals surface area (Å²) >= 11 is 0. The van der Waals surface area contributed by atoms with Crippen LogP contribution in [0.4, 0.5) is 4.39 Å². The van der Waals surface area contributed by atoms with Crippen molar-refractivity contribution in [3.8, 4) is 28.6 Å². The van der Waals surface area contributed by atoms with E-state index in [-0.39, 0.29) is 11.8 Å². The van der Waals surface area contributed by atoms with Gasteiger partial charge >= 0.3 is 0 Å². The van der Waals surface area contributed by atoms with Crippen LogP contribution < -0.4 is 10.1 Å². The molecule has 2 bridgehead atoms. The summed E-state index contributed by atoms with van der Waals surface area (Å²) in [4.78, 5) is 12.7. The lowest BCUT2D eigenvalue weighted by atomic mass is 9.84. The number of phenolic OH excluding ortho intramolecular Hbond substituents is 1. The van der Waals surface area contributed by atoms with Gasteiger partial charge in [0.1, 0.15) is 11.9 Å². The van der Waals surface area contributed by atoms with Crippen LogP contribution in [0.1, 0.15) is 25.7 Å². The topological polar surface area (TPSA) is 85.1 Å². The molecular formula is C21H22FN5O2. The number of imidazole rings is 1.